The molecule has 0 saturated carbocycles. The number of pyridine rings is 1. The fourth-order valence-electron chi connectivity index (χ4n) is 3.86. The van der Waals surface area contributed by atoms with Crippen molar-refractivity contribution in [2.45, 2.75) is 32.5 Å². The van der Waals surface area contributed by atoms with Gasteiger partial charge < -0.3 is 14.7 Å². The second-order valence-electron chi connectivity index (χ2n) is 8.11. The molecule has 1 N–H and O–H groups in total. The number of hydrogen-bond donors (Lipinski definition) is 1. The maximum atomic E-state index is 13.2. The van der Waals surface area contributed by atoms with Crippen LogP contribution in [0.25, 0.3) is 5.76 Å². The van der Waals surface area contributed by atoms with Crippen LogP contribution in [0.1, 0.15) is 36.7 Å². The Bertz CT molecular complexity index is 1260. The molecule has 1 atom stereocenters. The first-order chi connectivity index (χ1) is 16.3. The van der Waals surface area contributed by atoms with E-state index in [2.05, 4.69) is 4.98 Å². The molecule has 1 saturated heterocycles. The van der Waals surface area contributed by atoms with Crippen molar-refractivity contribution in [3.05, 3.63) is 99.3 Å². The molecule has 1 fully saturated rings. The van der Waals surface area contributed by atoms with Gasteiger partial charge in [0.2, 0.25) is 0 Å². The van der Waals surface area contributed by atoms with Gasteiger partial charge >= 0.3 is 0 Å². The number of aromatic nitrogens is 1. The van der Waals surface area contributed by atoms with Gasteiger partial charge in [0.15, 0.2) is 0 Å². The van der Waals surface area contributed by atoms with E-state index in [0.717, 1.165) is 0 Å². The number of ketones is 1. The van der Waals surface area contributed by atoms with Crippen LogP contribution < -0.4 is 4.74 Å². The highest BCUT2D eigenvalue weighted by molar-refractivity contribution is 6.46. The van der Waals surface area contributed by atoms with Crippen LogP contribution in [0.5, 0.6) is 5.75 Å². The molecule has 1 aromatic heterocycles. The summed E-state index contributed by atoms with van der Waals surface area (Å²) in [5, 5.41) is 11.8. The second-order valence-corrected chi connectivity index (χ2v) is 8.93. The Labute approximate surface area is 207 Å². The highest BCUT2D eigenvalue weighted by Crippen LogP contribution is 2.41. The zero-order valence-electron chi connectivity index (χ0n) is 18.5. The minimum atomic E-state index is -0.872. The summed E-state index contributed by atoms with van der Waals surface area (Å²) >= 11 is 12.3. The van der Waals surface area contributed by atoms with Crippen LogP contribution in [0.15, 0.2) is 72.4 Å². The van der Waals surface area contributed by atoms with E-state index in [-0.39, 0.29) is 29.0 Å². The number of halogens is 2. The van der Waals surface area contributed by atoms with E-state index in [1.54, 1.807) is 66.9 Å². The number of hydrogen-bond acceptors (Lipinski definition) is 5. The van der Waals surface area contributed by atoms with Crippen molar-refractivity contribution >= 4 is 40.7 Å². The predicted octanol–water partition coefficient (Wildman–Crippen LogP) is 5.80. The van der Waals surface area contributed by atoms with E-state index in [4.69, 9.17) is 27.9 Å². The number of carbonyl (C=O) groups is 2. The zero-order chi connectivity index (χ0) is 24.4. The topological polar surface area (TPSA) is 79.7 Å². The molecule has 34 heavy (non-hydrogen) atoms. The van der Waals surface area contributed by atoms with Gasteiger partial charge in [-0.1, -0.05) is 35.3 Å². The SMILES string of the molecule is CC(C)Oc1ccc(/C(O)=C2/C(=O)C(=O)N(Cc3ccccn3)C2c2ccc(Cl)c(Cl)c2)cc1. The van der Waals surface area contributed by atoms with Crippen molar-refractivity contribution in [1.82, 2.24) is 9.88 Å². The van der Waals surface area contributed by atoms with E-state index < -0.39 is 17.7 Å². The lowest BCUT2D eigenvalue weighted by molar-refractivity contribution is -0.140. The standard InChI is InChI=1S/C26H22Cl2N2O4/c1-15(2)34-19-9-6-16(7-10-19)24(31)22-23(17-8-11-20(27)21(28)13-17)30(26(33)25(22)32)14-18-5-3-4-12-29-18/h3-13,15,23,31H,14H2,1-2H3/b24-22-. The predicted molar refractivity (Wildman–Crippen MR) is 131 cm³/mol. The molecule has 1 aliphatic rings. The van der Waals surface area contributed by atoms with E-state index in [1.807, 2.05) is 13.8 Å². The molecule has 0 spiro atoms. The Kier molecular flexibility index (Phi) is 6.91. The third kappa shape index (κ3) is 4.79. The molecular formula is C26H22Cl2N2O4. The minimum absolute atomic E-state index is 0.00831. The Hall–Kier alpha value is -3.35. The minimum Gasteiger partial charge on any atom is -0.507 e. The molecule has 2 aromatic carbocycles. The molecule has 4 rings (SSSR count). The number of rotatable bonds is 6. The molecular weight excluding hydrogens is 475 g/mol. The molecule has 8 heteroatoms. The lowest BCUT2D eigenvalue weighted by atomic mass is 9.95. The summed E-state index contributed by atoms with van der Waals surface area (Å²) in [5.74, 6) is -1.17. The lowest BCUT2D eigenvalue weighted by Crippen LogP contribution is -2.29. The van der Waals surface area contributed by atoms with E-state index in [0.29, 0.717) is 27.6 Å². The van der Waals surface area contributed by atoms with Crippen molar-refractivity contribution < 1.29 is 19.4 Å². The summed E-state index contributed by atoms with van der Waals surface area (Å²) in [6.45, 7) is 3.90. The molecule has 1 unspecified atom stereocenters. The van der Waals surface area contributed by atoms with E-state index >= 15 is 0 Å². The van der Waals surface area contributed by atoms with Gasteiger partial charge in [-0.05, 0) is 67.9 Å². The van der Waals surface area contributed by atoms with Gasteiger partial charge in [-0.3, -0.25) is 14.6 Å². The van der Waals surface area contributed by atoms with Crippen LogP contribution in [-0.4, -0.2) is 32.8 Å². The molecule has 2 heterocycles. The van der Waals surface area contributed by atoms with Crippen molar-refractivity contribution in [1.29, 1.82) is 0 Å². The third-order valence-corrected chi connectivity index (χ3v) is 6.10. The number of benzene rings is 2. The summed E-state index contributed by atoms with van der Waals surface area (Å²) in [6, 6.07) is 16.0. The van der Waals surface area contributed by atoms with Gasteiger partial charge in [0.05, 0.1) is 40.0 Å². The molecule has 174 valence electrons. The normalized spacial score (nSPS) is 17.4. The van der Waals surface area contributed by atoms with Crippen molar-refractivity contribution in [3.8, 4) is 5.75 Å². The number of aliphatic hydroxyl groups excluding tert-OH is 1. The van der Waals surface area contributed by atoms with E-state index in [1.165, 1.54) is 4.90 Å². The van der Waals surface area contributed by atoms with Gasteiger partial charge in [-0.15, -0.1) is 0 Å². The summed E-state index contributed by atoms with van der Waals surface area (Å²) in [7, 11) is 0. The fourth-order valence-corrected chi connectivity index (χ4v) is 4.16. The summed E-state index contributed by atoms with van der Waals surface area (Å²) in [4.78, 5) is 31.9. The number of amides is 1. The first-order valence-corrected chi connectivity index (χ1v) is 11.4. The molecule has 1 amide bonds. The average Bonchev–Trinajstić information content (AvgIpc) is 3.06. The van der Waals surface area contributed by atoms with Crippen LogP contribution >= 0.6 is 23.2 Å². The Balaban J connectivity index is 1.82. The Morgan fingerprint density at radius 1 is 1.06 bits per heavy atom. The molecule has 6 nitrogen and oxygen atoms in total. The van der Waals surface area contributed by atoms with Crippen molar-refractivity contribution in [2.75, 3.05) is 0 Å². The first-order valence-electron chi connectivity index (χ1n) is 10.7. The summed E-state index contributed by atoms with van der Waals surface area (Å²) in [5.41, 5.74) is 1.50. The number of aliphatic hydroxyl groups is 1. The third-order valence-electron chi connectivity index (χ3n) is 5.36. The highest BCUT2D eigenvalue weighted by atomic mass is 35.5. The number of ether oxygens (including phenoxy) is 1. The monoisotopic (exact) mass is 496 g/mol. The van der Waals surface area contributed by atoms with E-state index in [9.17, 15) is 14.7 Å². The van der Waals surface area contributed by atoms with Crippen LogP contribution in [-0.2, 0) is 16.1 Å². The van der Waals surface area contributed by atoms with Crippen LogP contribution in [0.2, 0.25) is 10.0 Å². The molecule has 0 radical (unpaired) electrons. The number of carbonyl (C=O) groups excluding carboxylic acids is 2. The molecule has 1 aliphatic heterocycles. The van der Waals surface area contributed by atoms with Crippen LogP contribution in [0.4, 0.5) is 0 Å². The van der Waals surface area contributed by atoms with Gasteiger partial charge in [0.1, 0.15) is 11.5 Å². The highest BCUT2D eigenvalue weighted by Gasteiger charge is 2.46. The largest absolute Gasteiger partial charge is 0.507 e. The summed E-state index contributed by atoms with van der Waals surface area (Å²) < 4.78 is 5.65. The number of likely N-dealkylation sites (tertiary alicyclic amines) is 1. The van der Waals surface area contributed by atoms with Gasteiger partial charge in [0, 0.05) is 11.8 Å². The van der Waals surface area contributed by atoms with Gasteiger partial charge in [0.25, 0.3) is 11.7 Å². The average molecular weight is 497 g/mol. The quantitative estimate of drug-likeness (QED) is 0.265. The fraction of sp³-hybridized carbons (Fsp3) is 0.192. The smallest absolute Gasteiger partial charge is 0.296 e. The molecule has 0 bridgehead atoms. The number of Topliss-reactive ketones (excluding diaryl/α,β-unsaturated/α-hetero) is 1. The van der Waals surface area contributed by atoms with Crippen LogP contribution in [0, 0.1) is 0 Å². The zero-order valence-corrected chi connectivity index (χ0v) is 20.0. The maximum absolute atomic E-state index is 13.2. The van der Waals surface area contributed by atoms with Crippen molar-refractivity contribution in [3.63, 3.8) is 0 Å². The lowest BCUT2D eigenvalue weighted by Gasteiger charge is -2.25. The number of nitrogens with zero attached hydrogens (tertiary/aromatic N) is 2. The Morgan fingerprint density at radius 3 is 2.41 bits per heavy atom. The molecule has 0 aliphatic carbocycles. The Morgan fingerprint density at radius 2 is 1.79 bits per heavy atom. The van der Waals surface area contributed by atoms with Gasteiger partial charge in [-0.2, -0.15) is 0 Å². The summed E-state index contributed by atoms with van der Waals surface area (Å²) in [6.07, 6.45) is 1.60. The van der Waals surface area contributed by atoms with Crippen molar-refractivity contribution in [2.24, 2.45) is 0 Å². The van der Waals surface area contributed by atoms with Gasteiger partial charge in [-0.25, -0.2) is 0 Å². The first kappa shape index (κ1) is 23.8. The van der Waals surface area contributed by atoms with Crippen LogP contribution in [0.3, 0.4) is 0 Å². The maximum Gasteiger partial charge on any atom is 0.296 e. The second kappa shape index (κ2) is 9.87. The molecule has 3 aromatic rings.